The van der Waals surface area contributed by atoms with Crippen LogP contribution in [0.5, 0.6) is 0 Å². The summed E-state index contributed by atoms with van der Waals surface area (Å²) in [5.41, 5.74) is 5.76. The minimum atomic E-state index is -0.0231. The van der Waals surface area contributed by atoms with Crippen LogP contribution < -0.4 is 15.5 Å². The first-order valence-electron chi connectivity index (χ1n) is 12.0. The molecule has 3 aromatic rings. The lowest BCUT2D eigenvalue weighted by molar-refractivity contribution is 0.0933. The van der Waals surface area contributed by atoms with E-state index < -0.39 is 0 Å². The van der Waals surface area contributed by atoms with E-state index in [1.54, 1.807) is 6.20 Å². The van der Waals surface area contributed by atoms with E-state index in [0.717, 1.165) is 49.9 Å². The van der Waals surface area contributed by atoms with Crippen LogP contribution in [0.1, 0.15) is 47.7 Å². The molecule has 2 aliphatic heterocycles. The molecule has 1 amide bonds. The van der Waals surface area contributed by atoms with Crippen LogP contribution in [-0.4, -0.2) is 46.7 Å². The van der Waals surface area contributed by atoms with Gasteiger partial charge in [0.05, 0.1) is 5.56 Å². The molecule has 6 rings (SSSR count). The molecule has 0 saturated carbocycles. The van der Waals surface area contributed by atoms with Gasteiger partial charge < -0.3 is 20.1 Å². The second kappa shape index (κ2) is 7.93. The predicted octanol–water partition coefficient (Wildman–Crippen LogP) is 3.28. The summed E-state index contributed by atoms with van der Waals surface area (Å²) in [5, 5.41) is 7.99. The first-order chi connectivity index (χ1) is 15.7. The van der Waals surface area contributed by atoms with Crippen LogP contribution >= 0.6 is 0 Å². The summed E-state index contributed by atoms with van der Waals surface area (Å²) >= 11 is 0. The molecule has 32 heavy (non-hydrogen) atoms. The fraction of sp³-hybridized carbons (Fsp3) is 0.462. The van der Waals surface area contributed by atoms with Crippen LogP contribution in [0.15, 0.2) is 42.7 Å². The molecule has 6 nitrogen and oxygen atoms in total. The second-order valence-corrected chi connectivity index (χ2v) is 9.65. The Balaban J connectivity index is 1.13. The fourth-order valence-corrected chi connectivity index (χ4v) is 5.80. The van der Waals surface area contributed by atoms with Crippen molar-refractivity contribution in [2.45, 2.75) is 63.7 Å². The molecule has 1 aromatic carbocycles. The number of fused-ring (bicyclic) bond motifs is 4. The lowest BCUT2D eigenvalue weighted by Gasteiger charge is -2.35. The number of carbonyl (C=O) groups is 1. The Morgan fingerprint density at radius 3 is 2.78 bits per heavy atom. The highest BCUT2D eigenvalue weighted by Crippen LogP contribution is 2.30. The molecule has 3 atom stereocenters. The SMILES string of the molecule is CCn1ccc2cc(C(=O)N[C@H]3CCc4cc(N5CC6CCC(C5)N6)ccc4C3)cnc21. The van der Waals surface area contributed by atoms with Crippen molar-refractivity contribution in [3.63, 3.8) is 0 Å². The molecule has 1 aliphatic carbocycles. The van der Waals surface area contributed by atoms with Gasteiger partial charge in [0.1, 0.15) is 5.65 Å². The quantitative estimate of drug-likeness (QED) is 0.668. The van der Waals surface area contributed by atoms with Gasteiger partial charge in [-0.2, -0.15) is 0 Å². The summed E-state index contributed by atoms with van der Waals surface area (Å²) in [7, 11) is 0. The largest absolute Gasteiger partial charge is 0.368 e. The normalized spacial score (nSPS) is 24.5. The first-order valence-corrected chi connectivity index (χ1v) is 12.0. The molecule has 4 heterocycles. The number of nitrogens with one attached hydrogen (secondary N) is 2. The average Bonchev–Trinajstić information content (AvgIpc) is 3.39. The van der Waals surface area contributed by atoms with Crippen LogP contribution in [0, 0.1) is 0 Å². The maximum absolute atomic E-state index is 12.9. The Hall–Kier alpha value is -2.86. The van der Waals surface area contributed by atoms with Crippen molar-refractivity contribution in [2.24, 2.45) is 0 Å². The molecule has 0 spiro atoms. The molecule has 2 N–H and O–H groups in total. The lowest BCUT2D eigenvalue weighted by atomic mass is 9.87. The summed E-state index contributed by atoms with van der Waals surface area (Å²) in [6.45, 7) is 5.21. The van der Waals surface area contributed by atoms with Crippen molar-refractivity contribution in [1.82, 2.24) is 20.2 Å². The minimum Gasteiger partial charge on any atom is -0.368 e. The Kier molecular flexibility index (Phi) is 4.90. The van der Waals surface area contributed by atoms with Crippen LogP contribution in [0.25, 0.3) is 11.0 Å². The number of benzene rings is 1. The molecule has 2 aromatic heterocycles. The van der Waals surface area contributed by atoms with E-state index in [1.807, 2.05) is 18.3 Å². The Bertz CT molecular complexity index is 1160. The molecule has 2 saturated heterocycles. The average molecular weight is 430 g/mol. The number of pyridine rings is 1. The maximum Gasteiger partial charge on any atom is 0.253 e. The van der Waals surface area contributed by atoms with Crippen LogP contribution in [-0.2, 0) is 19.4 Å². The van der Waals surface area contributed by atoms with Crippen LogP contribution in [0.4, 0.5) is 5.69 Å². The Labute approximate surface area is 189 Å². The van der Waals surface area contributed by atoms with Gasteiger partial charge in [0, 0.05) is 61.2 Å². The van der Waals surface area contributed by atoms with Crippen molar-refractivity contribution in [2.75, 3.05) is 18.0 Å². The number of carbonyl (C=O) groups excluding carboxylic acids is 1. The predicted molar refractivity (Wildman–Crippen MR) is 127 cm³/mol. The molecule has 2 fully saturated rings. The van der Waals surface area contributed by atoms with E-state index in [-0.39, 0.29) is 11.9 Å². The number of piperazine rings is 1. The highest BCUT2D eigenvalue weighted by Gasteiger charge is 2.32. The van der Waals surface area contributed by atoms with E-state index >= 15 is 0 Å². The highest BCUT2D eigenvalue weighted by molar-refractivity contribution is 5.97. The Morgan fingerprint density at radius 1 is 1.12 bits per heavy atom. The number of amides is 1. The van der Waals surface area contributed by atoms with Gasteiger partial charge in [-0.15, -0.1) is 0 Å². The molecular formula is C26H31N5O. The van der Waals surface area contributed by atoms with Crippen molar-refractivity contribution in [1.29, 1.82) is 0 Å². The topological polar surface area (TPSA) is 62.2 Å². The van der Waals surface area contributed by atoms with Gasteiger partial charge in [0.25, 0.3) is 5.91 Å². The lowest BCUT2D eigenvalue weighted by Crippen LogP contribution is -2.51. The number of aromatic nitrogens is 2. The highest BCUT2D eigenvalue weighted by atomic mass is 16.1. The molecule has 6 heteroatoms. The summed E-state index contributed by atoms with van der Waals surface area (Å²) in [6, 6.07) is 12.4. The molecule has 0 radical (unpaired) electrons. The number of anilines is 1. The fourth-order valence-electron chi connectivity index (χ4n) is 5.80. The van der Waals surface area contributed by atoms with Crippen molar-refractivity contribution >= 4 is 22.6 Å². The van der Waals surface area contributed by atoms with Crippen LogP contribution in [0.3, 0.4) is 0 Å². The second-order valence-electron chi connectivity index (χ2n) is 9.65. The minimum absolute atomic E-state index is 0.0231. The van der Waals surface area contributed by atoms with Gasteiger partial charge in [-0.25, -0.2) is 4.98 Å². The number of aryl methyl sites for hydroxylation is 2. The zero-order valence-corrected chi connectivity index (χ0v) is 18.7. The molecule has 2 unspecified atom stereocenters. The van der Waals surface area contributed by atoms with E-state index in [2.05, 4.69) is 50.2 Å². The molecule has 3 aliphatic rings. The van der Waals surface area contributed by atoms with E-state index in [9.17, 15) is 4.79 Å². The third-order valence-corrected chi connectivity index (χ3v) is 7.54. The number of rotatable bonds is 4. The monoisotopic (exact) mass is 429 g/mol. The first kappa shape index (κ1) is 19.8. The van der Waals surface area contributed by atoms with Gasteiger partial charge in [-0.05, 0) is 74.4 Å². The molecular weight excluding hydrogens is 398 g/mol. The molecule has 2 bridgehead atoms. The van der Waals surface area contributed by atoms with Gasteiger partial charge in [0.2, 0.25) is 0 Å². The summed E-state index contributed by atoms with van der Waals surface area (Å²) in [6.07, 6.45) is 9.24. The summed E-state index contributed by atoms with van der Waals surface area (Å²) < 4.78 is 2.09. The van der Waals surface area contributed by atoms with E-state index in [0.29, 0.717) is 17.6 Å². The van der Waals surface area contributed by atoms with Crippen LogP contribution in [0.2, 0.25) is 0 Å². The van der Waals surface area contributed by atoms with Gasteiger partial charge >= 0.3 is 0 Å². The number of hydrogen-bond donors (Lipinski definition) is 2. The van der Waals surface area contributed by atoms with Crippen molar-refractivity contribution in [3.8, 4) is 0 Å². The number of hydrogen-bond acceptors (Lipinski definition) is 4. The number of nitrogens with zero attached hydrogens (tertiary/aromatic N) is 3. The van der Waals surface area contributed by atoms with E-state index in [4.69, 9.17) is 0 Å². The van der Waals surface area contributed by atoms with Gasteiger partial charge in [-0.3, -0.25) is 4.79 Å². The molecule has 166 valence electrons. The third-order valence-electron chi connectivity index (χ3n) is 7.54. The smallest absolute Gasteiger partial charge is 0.253 e. The zero-order valence-electron chi connectivity index (χ0n) is 18.7. The van der Waals surface area contributed by atoms with Gasteiger partial charge in [0.15, 0.2) is 0 Å². The summed E-state index contributed by atoms with van der Waals surface area (Å²) in [4.78, 5) is 20.0. The van der Waals surface area contributed by atoms with E-state index in [1.165, 1.54) is 29.7 Å². The summed E-state index contributed by atoms with van der Waals surface area (Å²) in [5.74, 6) is -0.0231. The standard InChI is InChI=1S/C26H31N5O/c1-2-30-10-9-19-11-20(14-27-25(19)30)26(32)29-21-5-3-18-13-24(8-4-17(18)12-21)31-15-22-6-7-23(16-31)28-22/h4,8-11,13-14,21-23,28H,2-3,5-7,12,15-16H2,1H3,(H,29,32)/t21-,22?,23?/m0/s1. The van der Waals surface area contributed by atoms with Crippen molar-refractivity contribution in [3.05, 3.63) is 59.4 Å². The maximum atomic E-state index is 12.9. The van der Waals surface area contributed by atoms with Gasteiger partial charge in [-0.1, -0.05) is 6.07 Å². The Morgan fingerprint density at radius 2 is 1.97 bits per heavy atom. The third kappa shape index (κ3) is 3.56. The van der Waals surface area contributed by atoms with Crippen molar-refractivity contribution < 1.29 is 4.79 Å². The zero-order chi connectivity index (χ0) is 21.7.